The van der Waals surface area contributed by atoms with Crippen LogP contribution in [0.3, 0.4) is 0 Å². The van der Waals surface area contributed by atoms with E-state index in [4.69, 9.17) is 0 Å². The summed E-state index contributed by atoms with van der Waals surface area (Å²) in [5, 5.41) is 5.71. The van der Waals surface area contributed by atoms with E-state index in [0.717, 1.165) is 25.0 Å². The summed E-state index contributed by atoms with van der Waals surface area (Å²) >= 11 is 0. The van der Waals surface area contributed by atoms with Crippen molar-refractivity contribution in [3.05, 3.63) is 58.1 Å². The Balaban J connectivity index is 3.44. The molecule has 261 valence electrons. The lowest BCUT2D eigenvalue weighted by molar-refractivity contribution is 0.845. The Morgan fingerprint density at radius 3 is 0.891 bits per heavy atom. The van der Waals surface area contributed by atoms with Crippen molar-refractivity contribution in [1.82, 2.24) is 0 Å². The van der Waals surface area contributed by atoms with Crippen LogP contribution in [0.5, 0.6) is 0 Å². The number of hydrogen-bond acceptors (Lipinski definition) is 0. The Hall–Kier alpha value is -0.0418. The molecule has 0 heterocycles. The Labute approximate surface area is 297 Å². The number of rotatable bonds is 13. The molecule has 0 saturated carbocycles. The minimum Gasteiger partial charge on any atom is -0.395 e. The molecule has 1 radical (unpaired) electrons. The van der Waals surface area contributed by atoms with Crippen molar-refractivity contribution in [3.8, 4) is 0 Å². The van der Waals surface area contributed by atoms with Crippen molar-refractivity contribution < 1.29 is 0 Å². The second kappa shape index (κ2) is 14.3. The fourth-order valence-corrected chi connectivity index (χ4v) is 50.8. The van der Waals surface area contributed by atoms with Crippen LogP contribution < -0.4 is 10.4 Å². The molecule has 7 heteroatoms. The van der Waals surface area contributed by atoms with Gasteiger partial charge in [-0.2, -0.15) is 0 Å². The Morgan fingerprint density at radius 1 is 0.391 bits per heavy atom. The van der Waals surface area contributed by atoms with Gasteiger partial charge in [0.2, 0.25) is 0 Å². The zero-order chi connectivity index (χ0) is 36.2. The van der Waals surface area contributed by atoms with Gasteiger partial charge in [0, 0.05) is 48.4 Å². The largest absolute Gasteiger partial charge is 0.395 e. The lowest BCUT2D eigenvalue weighted by atomic mass is 9.95. The van der Waals surface area contributed by atoms with Gasteiger partial charge in [-0.3, -0.25) is 0 Å². The summed E-state index contributed by atoms with van der Waals surface area (Å²) < 4.78 is 0. The topological polar surface area (TPSA) is 0 Å². The van der Waals surface area contributed by atoms with Crippen LogP contribution in [0.15, 0.2) is 30.3 Å². The van der Waals surface area contributed by atoms with E-state index in [2.05, 4.69) is 176 Å². The van der Waals surface area contributed by atoms with Gasteiger partial charge in [-0.15, -0.1) is 0 Å². The highest BCUT2D eigenvalue weighted by Gasteiger charge is 2.45. The van der Waals surface area contributed by atoms with Crippen LogP contribution >= 0.6 is 0 Å². The molecule has 0 aliphatic heterocycles. The predicted octanol–water partition coefficient (Wildman–Crippen LogP) is 12.1. The zero-order valence-corrected chi connectivity index (χ0v) is 41.8. The van der Waals surface area contributed by atoms with Gasteiger partial charge in [-0.1, -0.05) is 198 Å². The van der Waals surface area contributed by atoms with Crippen molar-refractivity contribution in [1.29, 1.82) is 0 Å². The smallest absolute Gasteiger partial charge is 0.0493 e. The first-order valence-corrected chi connectivity index (χ1v) is 40.8. The molecule has 46 heavy (non-hydrogen) atoms. The van der Waals surface area contributed by atoms with Gasteiger partial charge in [-0.25, -0.2) is 10.4 Å². The van der Waals surface area contributed by atoms with E-state index in [1.807, 2.05) is 11.1 Å². The van der Waals surface area contributed by atoms with Gasteiger partial charge < -0.3 is 9.52 Å². The molecule has 0 aliphatic rings. The first-order chi connectivity index (χ1) is 20.3. The van der Waals surface area contributed by atoms with Gasteiger partial charge in [0.15, 0.2) is 0 Å². The summed E-state index contributed by atoms with van der Waals surface area (Å²) in [5.41, 5.74) is 8.56. The number of hydrogen-bond donors (Lipinski definition) is 0. The SMILES string of the molecule is CC(C)c1cccc(C(C)C)c1[Si-]c1c(C([Si](C)(C)C)[Si](C)(C)C)cc(C([Si](C)(C)C)[Si](C)(C)C)cc1C([Si](C)(C)C)[Si](C)(C)C. The van der Waals surface area contributed by atoms with E-state index in [9.17, 15) is 0 Å². The average molecular weight is 742 g/mol. The maximum absolute atomic E-state index is 2.90. The minimum absolute atomic E-state index is 0.532. The monoisotopic (exact) mass is 740 g/mol. The van der Waals surface area contributed by atoms with E-state index in [1.54, 1.807) is 27.1 Å². The molecule has 0 saturated heterocycles. The lowest BCUT2D eigenvalue weighted by Gasteiger charge is -2.49. The van der Waals surface area contributed by atoms with E-state index in [1.165, 1.54) is 0 Å². The molecule has 0 fully saturated rings. The molecule has 0 aliphatic carbocycles. The molecule has 0 unspecified atom stereocenters. The standard InChI is InChI=1S/C39H76Si7/c1-28(2)31-24-23-25-32(29(3)4)35(31)40-36-33(38(43(11,12)13)44(14,15)16)26-30(37(41(5,6)7)42(8,9)10)27-34(36)39(45(17,18)19)46(20,21)22/h23-29,37-39H,1-22H3/q-1. The Morgan fingerprint density at radius 2 is 0.652 bits per heavy atom. The van der Waals surface area contributed by atoms with Gasteiger partial charge in [0.25, 0.3) is 0 Å². The second-order valence-corrected chi connectivity index (χ2v) is 56.7. The highest BCUT2D eigenvalue weighted by molar-refractivity contribution is 6.98. The lowest BCUT2D eigenvalue weighted by Crippen LogP contribution is -2.54. The summed E-state index contributed by atoms with van der Waals surface area (Å²) in [6.45, 7) is 58.0. The van der Waals surface area contributed by atoms with Crippen LogP contribution in [-0.2, 0) is 0 Å². The zero-order valence-electron chi connectivity index (χ0n) is 34.8. The van der Waals surface area contributed by atoms with Crippen LogP contribution in [0.25, 0.3) is 0 Å². The van der Waals surface area contributed by atoms with Crippen LogP contribution in [0.2, 0.25) is 118 Å². The molecule has 2 rings (SSSR count). The van der Waals surface area contributed by atoms with E-state index < -0.39 is 48.4 Å². The van der Waals surface area contributed by atoms with Crippen LogP contribution in [-0.4, -0.2) is 58.0 Å². The quantitative estimate of drug-likeness (QED) is 0.179. The minimum atomic E-state index is -1.57. The Kier molecular flexibility index (Phi) is 13.1. The summed E-state index contributed by atoms with van der Waals surface area (Å²) in [4.78, 5) is 0. The van der Waals surface area contributed by atoms with Crippen molar-refractivity contribution in [3.63, 3.8) is 0 Å². The van der Waals surface area contributed by atoms with Crippen molar-refractivity contribution >= 4 is 68.3 Å². The van der Waals surface area contributed by atoms with Crippen molar-refractivity contribution in [2.75, 3.05) is 0 Å². The van der Waals surface area contributed by atoms with Gasteiger partial charge >= 0.3 is 0 Å². The Bertz CT molecular complexity index is 1210. The fraction of sp³-hybridized carbons (Fsp3) is 0.692. The first-order valence-electron chi connectivity index (χ1n) is 18.4. The molecule has 0 N–H and O–H groups in total. The third-order valence-corrected chi connectivity index (χ3v) is 39.5. The molecular weight excluding hydrogens is 665 g/mol. The van der Waals surface area contributed by atoms with Crippen LogP contribution in [0.4, 0.5) is 0 Å². The summed E-state index contributed by atoms with van der Waals surface area (Å²) in [7, 11) is -8.53. The van der Waals surface area contributed by atoms with Crippen LogP contribution in [0.1, 0.15) is 82.8 Å². The third-order valence-electron chi connectivity index (χ3n) is 10.00. The van der Waals surface area contributed by atoms with Crippen molar-refractivity contribution in [2.45, 2.75) is 173 Å². The second-order valence-electron chi connectivity index (χ2n) is 21.8. The van der Waals surface area contributed by atoms with Gasteiger partial charge in [0.05, 0.1) is 0 Å². The average Bonchev–Trinajstić information content (AvgIpc) is 2.75. The molecule has 2 aromatic carbocycles. The molecule has 0 nitrogen and oxygen atoms in total. The summed E-state index contributed by atoms with van der Waals surface area (Å²) in [5.74, 6) is 1.06. The van der Waals surface area contributed by atoms with Gasteiger partial charge in [0.1, 0.15) is 0 Å². The normalized spacial score (nSPS) is 14.4. The molecule has 0 spiro atoms. The van der Waals surface area contributed by atoms with Crippen molar-refractivity contribution in [2.24, 2.45) is 0 Å². The fourth-order valence-electron chi connectivity index (χ4n) is 10.1. The van der Waals surface area contributed by atoms with Gasteiger partial charge in [-0.05, 0) is 32.9 Å². The maximum atomic E-state index is 2.90. The highest BCUT2D eigenvalue weighted by Crippen LogP contribution is 2.44. The third kappa shape index (κ3) is 10.0. The molecule has 0 bridgehead atoms. The molecule has 0 amide bonds. The maximum Gasteiger partial charge on any atom is 0.0493 e. The molecule has 0 atom stereocenters. The van der Waals surface area contributed by atoms with E-state index in [-0.39, 0.29) is 0 Å². The van der Waals surface area contributed by atoms with E-state index >= 15 is 0 Å². The molecule has 0 aromatic heterocycles. The highest BCUT2D eigenvalue weighted by atomic mass is 28.4. The van der Waals surface area contributed by atoms with E-state index in [0.29, 0.717) is 11.8 Å². The number of benzene rings is 2. The summed E-state index contributed by atoms with van der Waals surface area (Å²) in [6.07, 6.45) is 0. The molecule has 2 aromatic rings. The molecular formula is C39H76Si7-. The van der Waals surface area contributed by atoms with Crippen LogP contribution in [0, 0.1) is 0 Å². The predicted molar refractivity (Wildman–Crippen MR) is 234 cm³/mol. The first kappa shape index (κ1) is 42.1. The summed E-state index contributed by atoms with van der Waals surface area (Å²) in [6, 6.07) is 13.1.